The largest absolute Gasteiger partial charge is 0.480 e. The Morgan fingerprint density at radius 1 is 1.32 bits per heavy atom. The van der Waals surface area contributed by atoms with E-state index in [9.17, 15) is 27.9 Å². The molecule has 1 rings (SSSR count). The SMILES string of the molecule is CCCCC(NC(=O)C(C)c1c(C)nn(CC(F)(F)F)c1C)C(=O)O. The normalized spacial score (nSPS) is 14.2. The van der Waals surface area contributed by atoms with Gasteiger partial charge < -0.3 is 10.4 Å². The molecule has 0 aromatic carbocycles. The van der Waals surface area contributed by atoms with Crippen molar-refractivity contribution in [3.05, 3.63) is 17.0 Å². The molecule has 0 aliphatic carbocycles. The summed E-state index contributed by atoms with van der Waals surface area (Å²) in [6.07, 6.45) is -2.68. The molecule has 6 nitrogen and oxygen atoms in total. The molecule has 0 bridgehead atoms. The summed E-state index contributed by atoms with van der Waals surface area (Å²) in [6.45, 7) is 5.21. The number of carboxylic acid groups (broad SMARTS) is 1. The van der Waals surface area contributed by atoms with Gasteiger partial charge in [0.1, 0.15) is 12.6 Å². The lowest BCUT2D eigenvalue weighted by Crippen LogP contribution is -2.42. The van der Waals surface area contributed by atoms with Crippen LogP contribution in [0.15, 0.2) is 0 Å². The zero-order valence-corrected chi connectivity index (χ0v) is 14.8. The van der Waals surface area contributed by atoms with Crippen LogP contribution in [0.25, 0.3) is 0 Å². The van der Waals surface area contributed by atoms with Crippen LogP contribution in [-0.4, -0.2) is 39.0 Å². The van der Waals surface area contributed by atoms with Gasteiger partial charge in [-0.15, -0.1) is 0 Å². The van der Waals surface area contributed by atoms with Gasteiger partial charge in [-0.2, -0.15) is 18.3 Å². The first-order valence-electron chi connectivity index (χ1n) is 8.11. The van der Waals surface area contributed by atoms with Crippen molar-refractivity contribution in [2.24, 2.45) is 0 Å². The molecule has 0 fully saturated rings. The monoisotopic (exact) mass is 363 g/mol. The topological polar surface area (TPSA) is 84.2 Å². The van der Waals surface area contributed by atoms with E-state index < -0.39 is 36.6 Å². The molecular weight excluding hydrogens is 339 g/mol. The fourth-order valence-corrected chi connectivity index (χ4v) is 2.75. The van der Waals surface area contributed by atoms with E-state index in [2.05, 4.69) is 10.4 Å². The number of carboxylic acids is 1. The first-order valence-corrected chi connectivity index (χ1v) is 8.11. The maximum Gasteiger partial charge on any atom is 0.408 e. The Bertz CT molecular complexity index is 626. The van der Waals surface area contributed by atoms with Crippen molar-refractivity contribution < 1.29 is 27.9 Å². The maximum atomic E-state index is 12.6. The van der Waals surface area contributed by atoms with Crippen molar-refractivity contribution >= 4 is 11.9 Å². The Labute approximate surface area is 144 Å². The number of aryl methyl sites for hydroxylation is 1. The van der Waals surface area contributed by atoms with E-state index in [4.69, 9.17) is 0 Å². The third-order valence-corrected chi connectivity index (χ3v) is 4.05. The second-order valence-corrected chi connectivity index (χ2v) is 6.12. The van der Waals surface area contributed by atoms with Crippen LogP contribution in [0.5, 0.6) is 0 Å². The van der Waals surface area contributed by atoms with Crippen LogP contribution in [0.3, 0.4) is 0 Å². The zero-order valence-electron chi connectivity index (χ0n) is 14.8. The summed E-state index contributed by atoms with van der Waals surface area (Å²) in [5.74, 6) is -2.47. The minimum absolute atomic E-state index is 0.248. The number of carbonyl (C=O) groups is 2. The molecule has 142 valence electrons. The van der Waals surface area contributed by atoms with Crippen LogP contribution < -0.4 is 5.32 Å². The van der Waals surface area contributed by atoms with Crippen molar-refractivity contribution in [3.8, 4) is 0 Å². The lowest BCUT2D eigenvalue weighted by atomic mass is 9.97. The van der Waals surface area contributed by atoms with Gasteiger partial charge in [0.2, 0.25) is 5.91 Å². The summed E-state index contributed by atoms with van der Waals surface area (Å²) in [5, 5.41) is 15.5. The van der Waals surface area contributed by atoms with Gasteiger partial charge in [-0.3, -0.25) is 9.48 Å². The van der Waals surface area contributed by atoms with E-state index in [0.717, 1.165) is 11.1 Å². The summed E-state index contributed by atoms with van der Waals surface area (Å²) in [7, 11) is 0. The number of aromatic nitrogens is 2. The van der Waals surface area contributed by atoms with Crippen molar-refractivity contribution in [1.29, 1.82) is 0 Å². The second kappa shape index (κ2) is 8.35. The highest BCUT2D eigenvalue weighted by Gasteiger charge is 2.32. The Morgan fingerprint density at radius 3 is 2.40 bits per heavy atom. The number of halogens is 3. The number of amides is 1. The van der Waals surface area contributed by atoms with E-state index in [1.807, 2.05) is 6.92 Å². The van der Waals surface area contributed by atoms with Crippen LogP contribution in [0, 0.1) is 13.8 Å². The van der Waals surface area contributed by atoms with Gasteiger partial charge in [-0.1, -0.05) is 19.8 Å². The number of hydrogen-bond donors (Lipinski definition) is 2. The summed E-state index contributed by atoms with van der Waals surface area (Å²) in [6, 6.07) is -1.01. The maximum absolute atomic E-state index is 12.6. The molecule has 0 aliphatic heterocycles. The first kappa shape index (κ1) is 21.0. The number of hydrogen-bond acceptors (Lipinski definition) is 3. The van der Waals surface area contributed by atoms with Gasteiger partial charge in [0.25, 0.3) is 0 Å². The van der Waals surface area contributed by atoms with Gasteiger partial charge in [-0.25, -0.2) is 4.79 Å². The van der Waals surface area contributed by atoms with Crippen LogP contribution in [0.1, 0.15) is 56.0 Å². The quantitative estimate of drug-likeness (QED) is 0.744. The molecule has 1 amide bonds. The summed E-state index contributed by atoms with van der Waals surface area (Å²) in [5.41, 5.74) is 0.962. The molecular formula is C16H24F3N3O3. The molecule has 25 heavy (non-hydrogen) atoms. The number of carbonyl (C=O) groups excluding carboxylic acids is 1. The van der Waals surface area contributed by atoms with Crippen molar-refractivity contribution in [2.75, 3.05) is 0 Å². The Kier molecular flexibility index (Phi) is 7.01. The van der Waals surface area contributed by atoms with E-state index in [1.54, 1.807) is 0 Å². The number of unbranched alkanes of at least 4 members (excludes halogenated alkanes) is 1. The van der Waals surface area contributed by atoms with E-state index in [0.29, 0.717) is 24.1 Å². The van der Waals surface area contributed by atoms with Gasteiger partial charge >= 0.3 is 12.1 Å². The summed E-state index contributed by atoms with van der Waals surface area (Å²) in [4.78, 5) is 23.6. The lowest BCUT2D eigenvalue weighted by Gasteiger charge is -2.18. The molecule has 0 radical (unpaired) electrons. The highest BCUT2D eigenvalue weighted by Crippen LogP contribution is 2.26. The summed E-state index contributed by atoms with van der Waals surface area (Å²) < 4.78 is 38.6. The molecule has 1 aromatic rings. The predicted octanol–water partition coefficient (Wildman–Crippen LogP) is 2.93. The molecule has 9 heteroatoms. The van der Waals surface area contributed by atoms with Crippen LogP contribution in [-0.2, 0) is 16.1 Å². The fraction of sp³-hybridized carbons (Fsp3) is 0.688. The number of alkyl halides is 3. The molecule has 1 aromatic heterocycles. The third kappa shape index (κ3) is 5.75. The van der Waals surface area contributed by atoms with Gasteiger partial charge in [0.15, 0.2) is 0 Å². The number of aliphatic carboxylic acids is 1. The molecule has 0 saturated heterocycles. The van der Waals surface area contributed by atoms with Crippen LogP contribution in [0.2, 0.25) is 0 Å². The molecule has 0 spiro atoms. The minimum atomic E-state index is -4.42. The van der Waals surface area contributed by atoms with Gasteiger partial charge in [-0.05, 0) is 27.2 Å². The van der Waals surface area contributed by atoms with Gasteiger partial charge in [0, 0.05) is 11.3 Å². The highest BCUT2D eigenvalue weighted by molar-refractivity contribution is 5.88. The van der Waals surface area contributed by atoms with E-state index >= 15 is 0 Å². The number of nitrogens with zero attached hydrogens (tertiary/aromatic N) is 2. The van der Waals surface area contributed by atoms with Gasteiger partial charge in [0.05, 0.1) is 11.6 Å². The smallest absolute Gasteiger partial charge is 0.408 e. The Morgan fingerprint density at radius 2 is 1.92 bits per heavy atom. The van der Waals surface area contributed by atoms with E-state index in [-0.39, 0.29) is 5.69 Å². The van der Waals surface area contributed by atoms with Crippen molar-refractivity contribution in [3.63, 3.8) is 0 Å². The molecule has 2 atom stereocenters. The standard InChI is InChI=1S/C16H24F3N3O3/c1-5-6-7-12(15(24)25)20-14(23)9(2)13-10(3)21-22(11(13)4)8-16(17,18)19/h9,12H,5-8H2,1-4H3,(H,20,23)(H,24,25). The molecule has 2 N–H and O–H groups in total. The molecule has 0 saturated carbocycles. The third-order valence-electron chi connectivity index (χ3n) is 4.05. The van der Waals surface area contributed by atoms with E-state index in [1.165, 1.54) is 20.8 Å². The predicted molar refractivity (Wildman–Crippen MR) is 85.3 cm³/mol. The van der Waals surface area contributed by atoms with Crippen molar-refractivity contribution in [2.45, 2.75) is 71.6 Å². The average molecular weight is 363 g/mol. The summed E-state index contributed by atoms with van der Waals surface area (Å²) >= 11 is 0. The Balaban J connectivity index is 2.96. The highest BCUT2D eigenvalue weighted by atomic mass is 19.4. The van der Waals surface area contributed by atoms with Crippen LogP contribution >= 0.6 is 0 Å². The average Bonchev–Trinajstić information content (AvgIpc) is 2.74. The zero-order chi connectivity index (χ0) is 19.4. The van der Waals surface area contributed by atoms with Crippen LogP contribution in [0.4, 0.5) is 13.2 Å². The number of nitrogens with one attached hydrogen (secondary N) is 1. The number of rotatable bonds is 8. The second-order valence-electron chi connectivity index (χ2n) is 6.12. The first-order chi connectivity index (χ1) is 11.5. The fourth-order valence-electron chi connectivity index (χ4n) is 2.75. The van der Waals surface area contributed by atoms with Crippen molar-refractivity contribution in [1.82, 2.24) is 15.1 Å². The molecule has 2 unspecified atom stereocenters. The molecule has 0 aliphatic rings. The molecule has 1 heterocycles. The Hall–Kier alpha value is -2.06. The lowest BCUT2D eigenvalue weighted by molar-refractivity contribution is -0.143. The minimum Gasteiger partial charge on any atom is -0.480 e.